The number of rotatable bonds is 2. The monoisotopic (exact) mass is 317 g/mol. The van der Waals surface area contributed by atoms with Crippen LogP contribution in [-0.2, 0) is 0 Å². The van der Waals surface area contributed by atoms with E-state index in [0.717, 1.165) is 18.2 Å². The van der Waals surface area contributed by atoms with Gasteiger partial charge in [0.1, 0.15) is 5.82 Å². The second-order valence-electron chi connectivity index (χ2n) is 2.69. The molecule has 5 N–H and O–H groups in total. The van der Waals surface area contributed by atoms with Crippen LogP contribution >= 0.6 is 24.4 Å². The first-order valence-electron chi connectivity index (χ1n) is 4.16. The van der Waals surface area contributed by atoms with Crippen molar-refractivity contribution in [2.45, 2.75) is 0 Å². The predicted molar refractivity (Wildman–Crippen MR) is 78.5 cm³/mol. The summed E-state index contributed by atoms with van der Waals surface area (Å²) < 4.78 is 12.9. The summed E-state index contributed by atoms with van der Waals surface area (Å²) in [6.45, 7) is 0. The molecule has 0 aliphatic heterocycles. The summed E-state index contributed by atoms with van der Waals surface area (Å²) in [5, 5.41) is 27.4. The van der Waals surface area contributed by atoms with Gasteiger partial charge in [-0.3, -0.25) is 10.1 Å². The van der Waals surface area contributed by atoms with Crippen molar-refractivity contribution in [3.8, 4) is 0 Å². The van der Waals surface area contributed by atoms with Gasteiger partial charge in [-0.1, -0.05) is 0 Å². The van der Waals surface area contributed by atoms with Gasteiger partial charge in [-0.05, 0) is 30.5 Å². The Labute approximate surface area is 140 Å². The Bertz CT molecular complexity index is 485. The van der Waals surface area contributed by atoms with Crippen molar-refractivity contribution < 1.29 is 19.5 Å². The van der Waals surface area contributed by atoms with Crippen molar-refractivity contribution in [2.24, 2.45) is 5.73 Å². The molecule has 0 amide bonds. The zero-order chi connectivity index (χ0) is 14.3. The summed E-state index contributed by atoms with van der Waals surface area (Å²) in [4.78, 5) is 9.63. The molecule has 100 valence electrons. The predicted octanol–water partition coefficient (Wildman–Crippen LogP) is 1.13. The van der Waals surface area contributed by atoms with E-state index in [-0.39, 0.29) is 40.9 Å². The molecule has 0 bridgehead atoms. The minimum absolute atomic E-state index is 0. The average molecular weight is 317 g/mol. The molecular weight excluding hydrogens is 308 g/mol. The van der Waals surface area contributed by atoms with Crippen molar-refractivity contribution in [2.75, 3.05) is 5.32 Å². The maximum atomic E-state index is 12.9. The van der Waals surface area contributed by atoms with E-state index >= 15 is 0 Å². The summed E-state index contributed by atoms with van der Waals surface area (Å²) >= 11 is 8.12. The number of thiocarbonyl (C=S) groups is 2. The van der Waals surface area contributed by atoms with E-state index in [0.29, 0.717) is 0 Å². The van der Waals surface area contributed by atoms with Crippen molar-refractivity contribution in [3.63, 3.8) is 0 Å². The van der Waals surface area contributed by atoms with Crippen LogP contribution in [0.2, 0.25) is 0 Å². The number of nitrogens with one attached hydrogen (secondary N) is 1. The molecule has 1 aromatic carbocycles. The Morgan fingerprint density at radius 3 is 2.26 bits per heavy atom. The van der Waals surface area contributed by atoms with Crippen LogP contribution in [0.15, 0.2) is 18.2 Å². The molecule has 0 fully saturated rings. The number of hydrogen-bond donors (Lipinski definition) is 4. The Morgan fingerprint density at radius 1 is 1.42 bits per heavy atom. The van der Waals surface area contributed by atoms with Gasteiger partial charge in [-0.25, -0.2) is 4.39 Å². The SMILES string of the molecule is NC(O)=S.O=[N+]([O-])c1ccc(F)c(NC(O)=S)c1.[NaH]. The van der Waals surface area contributed by atoms with E-state index in [1.807, 2.05) is 0 Å². The third-order valence-electron chi connectivity index (χ3n) is 1.40. The molecule has 1 rings (SSSR count). The van der Waals surface area contributed by atoms with Gasteiger partial charge in [0.2, 0.25) is 0 Å². The van der Waals surface area contributed by atoms with Crippen molar-refractivity contribution >= 4 is 75.7 Å². The number of halogens is 1. The van der Waals surface area contributed by atoms with E-state index in [4.69, 9.17) is 10.2 Å². The van der Waals surface area contributed by atoms with Crippen LogP contribution in [0, 0.1) is 15.9 Å². The minimum atomic E-state index is -0.730. The summed E-state index contributed by atoms with van der Waals surface area (Å²) in [6, 6.07) is 2.87. The maximum absolute atomic E-state index is 12.9. The number of aliphatic hydroxyl groups is 2. The van der Waals surface area contributed by atoms with E-state index in [9.17, 15) is 14.5 Å². The Hall–Kier alpha value is -1.07. The number of hydrogen-bond acceptors (Lipinski definition) is 4. The molecule has 0 aliphatic carbocycles. The molecule has 0 unspecified atom stereocenters. The van der Waals surface area contributed by atoms with Gasteiger partial charge in [0, 0.05) is 12.1 Å². The average Bonchev–Trinajstić information content (AvgIpc) is 2.19. The molecule has 1 aromatic rings. The molecule has 19 heavy (non-hydrogen) atoms. The fourth-order valence-electron chi connectivity index (χ4n) is 0.838. The molecule has 0 aliphatic rings. The third-order valence-corrected chi connectivity index (χ3v) is 1.50. The number of nitro benzene ring substituents is 1. The molecule has 0 saturated carbocycles. The molecule has 0 saturated heterocycles. The Morgan fingerprint density at radius 2 is 1.89 bits per heavy atom. The van der Waals surface area contributed by atoms with Crippen molar-refractivity contribution in [1.82, 2.24) is 0 Å². The van der Waals surface area contributed by atoms with Crippen LogP contribution in [0.1, 0.15) is 0 Å². The first-order chi connectivity index (χ1) is 8.23. The second-order valence-corrected chi connectivity index (χ2v) is 3.49. The number of nitrogens with zero attached hydrogens (tertiary/aromatic N) is 1. The Kier molecular flexibility index (Phi) is 10.5. The van der Waals surface area contributed by atoms with Gasteiger partial charge in [0.25, 0.3) is 16.0 Å². The third kappa shape index (κ3) is 9.50. The van der Waals surface area contributed by atoms with E-state index in [1.165, 1.54) is 0 Å². The summed E-state index contributed by atoms with van der Waals surface area (Å²) in [5.41, 5.74) is 3.88. The van der Waals surface area contributed by atoms with Gasteiger partial charge < -0.3 is 21.3 Å². The first kappa shape index (κ1) is 20.3. The normalized spacial score (nSPS) is 8.26. The number of anilines is 1. The number of non-ortho nitro benzene ring substituents is 1. The van der Waals surface area contributed by atoms with Crippen LogP contribution in [0.5, 0.6) is 0 Å². The fraction of sp³-hybridized carbons (Fsp3) is 0. The van der Waals surface area contributed by atoms with Crippen molar-refractivity contribution in [3.05, 3.63) is 34.1 Å². The zero-order valence-corrected chi connectivity index (χ0v) is 10.3. The van der Waals surface area contributed by atoms with E-state index < -0.39 is 21.1 Å². The number of aliphatic hydroxyl groups excluding tert-OH is 2. The quantitative estimate of drug-likeness (QED) is 0.277. The number of benzene rings is 1. The summed E-state index contributed by atoms with van der Waals surface area (Å²) in [5.74, 6) is -0.730. The number of nitro groups is 1. The molecular formula is C8H9FN3NaO4S2. The molecule has 11 heteroatoms. The second kappa shape index (κ2) is 9.81. The van der Waals surface area contributed by atoms with Gasteiger partial charge in [0.15, 0.2) is 0 Å². The van der Waals surface area contributed by atoms with Crippen LogP contribution in [0.4, 0.5) is 15.8 Å². The molecule has 0 heterocycles. The van der Waals surface area contributed by atoms with Gasteiger partial charge >= 0.3 is 29.6 Å². The Balaban J connectivity index is 0. The molecule has 0 radical (unpaired) electrons. The van der Waals surface area contributed by atoms with Gasteiger partial charge in [-0.2, -0.15) is 0 Å². The summed E-state index contributed by atoms with van der Waals surface area (Å²) in [6.07, 6.45) is 0. The standard InChI is InChI=1S/C7H5FN2O3S.CH3NOS.Na.H/c8-5-2-1-4(10(12)13)3-6(5)9-7(11)14;2-1(3)4;;/h1-3H,(H2,9,11,14);(H3,2,3,4);;. The fourth-order valence-corrected chi connectivity index (χ4v) is 0.948. The molecule has 0 atom stereocenters. The first-order valence-corrected chi connectivity index (χ1v) is 4.98. The van der Waals surface area contributed by atoms with E-state index in [1.54, 1.807) is 0 Å². The van der Waals surface area contributed by atoms with Crippen LogP contribution in [-0.4, -0.2) is 55.0 Å². The van der Waals surface area contributed by atoms with Gasteiger partial charge in [-0.15, -0.1) is 0 Å². The number of nitrogens with two attached hydrogens (primary N) is 1. The van der Waals surface area contributed by atoms with Crippen LogP contribution in [0.3, 0.4) is 0 Å². The van der Waals surface area contributed by atoms with E-state index in [2.05, 4.69) is 35.5 Å². The van der Waals surface area contributed by atoms with Crippen LogP contribution in [0.25, 0.3) is 0 Å². The molecule has 0 aromatic heterocycles. The molecule has 7 nitrogen and oxygen atoms in total. The summed E-state index contributed by atoms with van der Waals surface area (Å²) in [7, 11) is 0. The topological polar surface area (TPSA) is 122 Å². The van der Waals surface area contributed by atoms with Gasteiger partial charge in [0.05, 0.1) is 10.6 Å². The van der Waals surface area contributed by atoms with Crippen molar-refractivity contribution in [1.29, 1.82) is 0 Å². The van der Waals surface area contributed by atoms with Crippen LogP contribution < -0.4 is 11.1 Å². The zero-order valence-electron chi connectivity index (χ0n) is 8.66. The molecule has 0 spiro atoms.